The van der Waals surface area contributed by atoms with Crippen LogP contribution in [0.3, 0.4) is 0 Å². The van der Waals surface area contributed by atoms with Crippen LogP contribution >= 0.6 is 0 Å². The quantitative estimate of drug-likeness (QED) is 0.864. The summed E-state index contributed by atoms with van der Waals surface area (Å²) in [6.45, 7) is 0.962. The Bertz CT molecular complexity index is 497. The Morgan fingerprint density at radius 2 is 2.35 bits per heavy atom. The maximum absolute atomic E-state index is 13.2. The normalized spacial score (nSPS) is 19.8. The van der Waals surface area contributed by atoms with Crippen LogP contribution in [-0.2, 0) is 0 Å². The topological polar surface area (TPSA) is 44.8 Å². The summed E-state index contributed by atoms with van der Waals surface area (Å²) < 4.78 is 13.2. The second kappa shape index (κ2) is 4.16. The SMILES string of the molecule is Fc1cncc(C2CCCN2c2ccn[nH]2)c1. The van der Waals surface area contributed by atoms with Gasteiger partial charge in [-0.3, -0.25) is 10.1 Å². The number of halogens is 1. The van der Waals surface area contributed by atoms with E-state index in [4.69, 9.17) is 0 Å². The third kappa shape index (κ3) is 1.88. The number of nitrogens with one attached hydrogen (secondary N) is 1. The summed E-state index contributed by atoms with van der Waals surface area (Å²) in [5.41, 5.74) is 0.928. The van der Waals surface area contributed by atoms with Gasteiger partial charge in [-0.25, -0.2) is 4.39 Å². The highest BCUT2D eigenvalue weighted by atomic mass is 19.1. The predicted octanol–water partition coefficient (Wildman–Crippen LogP) is 2.29. The average molecular weight is 232 g/mol. The molecular formula is C12H13FN4. The van der Waals surface area contributed by atoms with Gasteiger partial charge in [-0.1, -0.05) is 0 Å². The summed E-state index contributed by atoms with van der Waals surface area (Å²) in [5, 5.41) is 6.91. The van der Waals surface area contributed by atoms with E-state index in [0.717, 1.165) is 30.8 Å². The van der Waals surface area contributed by atoms with Gasteiger partial charge in [0, 0.05) is 18.8 Å². The first kappa shape index (κ1) is 10.3. The predicted molar refractivity (Wildman–Crippen MR) is 62.1 cm³/mol. The van der Waals surface area contributed by atoms with Gasteiger partial charge in [-0.05, 0) is 24.5 Å². The molecule has 1 atom stereocenters. The van der Waals surface area contributed by atoms with Gasteiger partial charge in [-0.15, -0.1) is 0 Å². The standard InChI is InChI=1S/C12H13FN4/c13-10-6-9(7-14-8-10)11-2-1-5-17(11)12-3-4-15-16-12/h3-4,6-8,11H,1-2,5H2,(H,15,16). The van der Waals surface area contributed by atoms with Crippen molar-refractivity contribution in [1.82, 2.24) is 15.2 Å². The minimum absolute atomic E-state index is 0.193. The fraction of sp³-hybridized carbons (Fsp3) is 0.333. The first-order valence-corrected chi connectivity index (χ1v) is 5.71. The van der Waals surface area contributed by atoms with Crippen molar-refractivity contribution >= 4 is 5.82 Å². The number of H-pyrrole nitrogens is 1. The number of hydrogen-bond acceptors (Lipinski definition) is 3. The highest BCUT2D eigenvalue weighted by Gasteiger charge is 2.27. The molecule has 2 aromatic rings. The van der Waals surface area contributed by atoms with E-state index < -0.39 is 0 Å². The zero-order chi connectivity index (χ0) is 11.7. The summed E-state index contributed by atoms with van der Waals surface area (Å²) in [4.78, 5) is 6.13. The highest BCUT2D eigenvalue weighted by Crippen LogP contribution is 2.34. The minimum Gasteiger partial charge on any atom is -0.350 e. The van der Waals surface area contributed by atoms with Crippen molar-refractivity contribution in [3.8, 4) is 0 Å². The van der Waals surface area contributed by atoms with Crippen LogP contribution in [0.15, 0.2) is 30.7 Å². The molecule has 0 aromatic carbocycles. The van der Waals surface area contributed by atoms with E-state index in [1.807, 2.05) is 6.07 Å². The zero-order valence-electron chi connectivity index (χ0n) is 9.31. The molecule has 17 heavy (non-hydrogen) atoms. The molecule has 2 aromatic heterocycles. The zero-order valence-corrected chi connectivity index (χ0v) is 9.31. The molecular weight excluding hydrogens is 219 g/mol. The molecule has 5 heteroatoms. The Morgan fingerprint density at radius 1 is 1.41 bits per heavy atom. The smallest absolute Gasteiger partial charge is 0.141 e. The van der Waals surface area contributed by atoms with Crippen LogP contribution in [0.25, 0.3) is 0 Å². The highest BCUT2D eigenvalue weighted by molar-refractivity contribution is 5.42. The second-order valence-corrected chi connectivity index (χ2v) is 4.23. The van der Waals surface area contributed by atoms with Crippen molar-refractivity contribution < 1.29 is 4.39 Å². The molecule has 1 aliphatic rings. The molecule has 0 radical (unpaired) electrons. The lowest BCUT2D eigenvalue weighted by molar-refractivity contribution is 0.610. The van der Waals surface area contributed by atoms with Crippen molar-refractivity contribution in [3.63, 3.8) is 0 Å². The maximum atomic E-state index is 13.2. The lowest BCUT2D eigenvalue weighted by atomic mass is 10.1. The third-order valence-corrected chi connectivity index (χ3v) is 3.16. The number of nitrogens with zero attached hydrogens (tertiary/aromatic N) is 3. The van der Waals surface area contributed by atoms with Crippen molar-refractivity contribution in [1.29, 1.82) is 0 Å². The van der Waals surface area contributed by atoms with E-state index in [-0.39, 0.29) is 11.9 Å². The van der Waals surface area contributed by atoms with Gasteiger partial charge in [0.25, 0.3) is 0 Å². The molecule has 0 saturated carbocycles. The maximum Gasteiger partial charge on any atom is 0.141 e. The molecule has 0 amide bonds. The fourth-order valence-corrected chi connectivity index (χ4v) is 2.42. The average Bonchev–Trinajstić information content (AvgIpc) is 3.00. The minimum atomic E-state index is -0.279. The van der Waals surface area contributed by atoms with Crippen molar-refractivity contribution in [2.75, 3.05) is 11.4 Å². The van der Waals surface area contributed by atoms with Gasteiger partial charge in [-0.2, -0.15) is 5.10 Å². The molecule has 0 aliphatic carbocycles. The van der Waals surface area contributed by atoms with Crippen molar-refractivity contribution in [2.24, 2.45) is 0 Å². The molecule has 1 aliphatic heterocycles. The van der Waals surface area contributed by atoms with Crippen LogP contribution in [0.4, 0.5) is 10.2 Å². The van der Waals surface area contributed by atoms with Gasteiger partial charge in [0.15, 0.2) is 0 Å². The Labute approximate surface area is 98.5 Å². The van der Waals surface area contributed by atoms with E-state index in [9.17, 15) is 4.39 Å². The molecule has 1 N–H and O–H groups in total. The van der Waals surface area contributed by atoms with Crippen LogP contribution in [-0.4, -0.2) is 21.7 Å². The number of pyridine rings is 1. The van der Waals surface area contributed by atoms with Gasteiger partial charge in [0.05, 0.1) is 18.4 Å². The number of anilines is 1. The van der Waals surface area contributed by atoms with Gasteiger partial charge < -0.3 is 4.90 Å². The lowest BCUT2D eigenvalue weighted by Gasteiger charge is -2.24. The number of aromatic amines is 1. The van der Waals surface area contributed by atoms with Crippen LogP contribution < -0.4 is 4.90 Å². The first-order valence-electron chi connectivity index (χ1n) is 5.71. The third-order valence-electron chi connectivity index (χ3n) is 3.16. The van der Waals surface area contributed by atoms with E-state index in [0.29, 0.717) is 0 Å². The van der Waals surface area contributed by atoms with Crippen LogP contribution in [0.2, 0.25) is 0 Å². The number of aromatic nitrogens is 3. The van der Waals surface area contributed by atoms with Gasteiger partial charge >= 0.3 is 0 Å². The second-order valence-electron chi connectivity index (χ2n) is 4.23. The largest absolute Gasteiger partial charge is 0.350 e. The Kier molecular flexibility index (Phi) is 2.51. The first-order chi connectivity index (χ1) is 8.34. The van der Waals surface area contributed by atoms with E-state index in [1.54, 1.807) is 18.5 Å². The van der Waals surface area contributed by atoms with Crippen LogP contribution in [0, 0.1) is 5.82 Å². The summed E-state index contributed by atoms with van der Waals surface area (Å²) in [6, 6.07) is 3.69. The Hall–Kier alpha value is -1.91. The molecule has 1 saturated heterocycles. The van der Waals surface area contributed by atoms with E-state index >= 15 is 0 Å². The molecule has 4 nitrogen and oxygen atoms in total. The molecule has 1 unspecified atom stereocenters. The molecule has 3 rings (SSSR count). The van der Waals surface area contributed by atoms with Gasteiger partial charge in [0.2, 0.25) is 0 Å². The molecule has 1 fully saturated rings. The van der Waals surface area contributed by atoms with Crippen LogP contribution in [0.5, 0.6) is 0 Å². The summed E-state index contributed by atoms with van der Waals surface area (Å²) in [6.07, 6.45) is 6.82. The Balaban J connectivity index is 1.92. The van der Waals surface area contributed by atoms with E-state index in [1.165, 1.54) is 6.20 Å². The Morgan fingerprint density at radius 3 is 3.12 bits per heavy atom. The fourth-order valence-electron chi connectivity index (χ4n) is 2.42. The van der Waals surface area contributed by atoms with Crippen LogP contribution in [0.1, 0.15) is 24.4 Å². The van der Waals surface area contributed by atoms with Crippen molar-refractivity contribution in [2.45, 2.75) is 18.9 Å². The number of rotatable bonds is 2. The van der Waals surface area contributed by atoms with E-state index in [2.05, 4.69) is 20.1 Å². The summed E-state index contributed by atoms with van der Waals surface area (Å²) in [7, 11) is 0. The molecule has 0 bridgehead atoms. The van der Waals surface area contributed by atoms with Gasteiger partial charge in [0.1, 0.15) is 11.6 Å². The molecule has 0 spiro atoms. The number of hydrogen-bond donors (Lipinski definition) is 1. The van der Waals surface area contributed by atoms with Crippen molar-refractivity contribution in [3.05, 3.63) is 42.1 Å². The summed E-state index contributed by atoms with van der Waals surface area (Å²) in [5.74, 6) is 0.704. The monoisotopic (exact) mass is 232 g/mol. The molecule has 88 valence electrons. The molecule has 3 heterocycles. The lowest BCUT2D eigenvalue weighted by Crippen LogP contribution is -2.23. The summed E-state index contributed by atoms with van der Waals surface area (Å²) >= 11 is 0.